The zero-order chi connectivity index (χ0) is 13.5. The minimum absolute atomic E-state index is 0.166. The maximum Gasteiger partial charge on any atom is 0.305 e. The van der Waals surface area contributed by atoms with Gasteiger partial charge in [0.05, 0.1) is 17.2 Å². The molecular weight excluding hydrogens is 258 g/mol. The van der Waals surface area contributed by atoms with Gasteiger partial charge in [0, 0.05) is 11.9 Å². The Bertz CT molecular complexity index is 587. The number of hydrogen-bond donors (Lipinski definition) is 0. The van der Waals surface area contributed by atoms with Gasteiger partial charge in [-0.3, -0.25) is 4.79 Å². The van der Waals surface area contributed by atoms with Crippen LogP contribution in [0.2, 0.25) is 0 Å². The van der Waals surface area contributed by atoms with Gasteiger partial charge < -0.3 is 0 Å². The fraction of sp³-hybridized carbons (Fsp3) is 0.214. The molecule has 5 heteroatoms. The van der Waals surface area contributed by atoms with Gasteiger partial charge in [-0.15, -0.1) is 0 Å². The Hall–Kier alpha value is -1.88. The van der Waals surface area contributed by atoms with Crippen molar-refractivity contribution in [3.05, 3.63) is 54.1 Å². The molecule has 0 unspecified atom stereocenters. The SMILES string of the molecule is CCCSC(=O)N=c1ccn(-c2ccccc2)nc1. The van der Waals surface area contributed by atoms with Gasteiger partial charge in [0.15, 0.2) is 0 Å². The normalized spacial score (nSPS) is 11.5. The number of benzene rings is 1. The van der Waals surface area contributed by atoms with Gasteiger partial charge in [0.2, 0.25) is 0 Å². The molecule has 0 saturated carbocycles. The number of amides is 1. The molecule has 0 bridgehead atoms. The molecule has 0 aliphatic rings. The summed E-state index contributed by atoms with van der Waals surface area (Å²) in [6.07, 6.45) is 4.36. The Kier molecular flexibility index (Phi) is 4.92. The van der Waals surface area contributed by atoms with Gasteiger partial charge >= 0.3 is 5.24 Å². The second-order valence-electron chi connectivity index (χ2n) is 3.89. The molecule has 98 valence electrons. The first-order valence-corrected chi connectivity index (χ1v) is 7.10. The number of carbonyl (C=O) groups excluding carboxylic acids is 1. The molecule has 1 aromatic heterocycles. The van der Waals surface area contributed by atoms with Gasteiger partial charge in [-0.05, 0) is 24.6 Å². The molecule has 2 aromatic rings. The Morgan fingerprint density at radius 2 is 2.11 bits per heavy atom. The summed E-state index contributed by atoms with van der Waals surface area (Å²) in [6.45, 7) is 2.03. The Morgan fingerprint density at radius 1 is 1.32 bits per heavy atom. The van der Waals surface area contributed by atoms with E-state index in [2.05, 4.69) is 10.1 Å². The standard InChI is InChI=1S/C14H15N3OS/c1-2-10-19-14(18)16-12-8-9-17(15-11-12)13-6-4-3-5-7-13/h3-9,11H,2,10H2,1H3. The topological polar surface area (TPSA) is 47.2 Å². The summed E-state index contributed by atoms with van der Waals surface area (Å²) >= 11 is 1.23. The fourth-order valence-electron chi connectivity index (χ4n) is 1.48. The lowest BCUT2D eigenvalue weighted by Crippen LogP contribution is -2.09. The lowest BCUT2D eigenvalue weighted by atomic mass is 10.3. The Balaban J connectivity index is 2.15. The number of carbonyl (C=O) groups is 1. The van der Waals surface area contributed by atoms with E-state index in [1.165, 1.54) is 11.8 Å². The van der Waals surface area contributed by atoms with Crippen molar-refractivity contribution in [3.63, 3.8) is 0 Å². The maximum atomic E-state index is 11.5. The van der Waals surface area contributed by atoms with Crippen molar-refractivity contribution in [2.75, 3.05) is 5.75 Å². The predicted molar refractivity (Wildman–Crippen MR) is 77.3 cm³/mol. The first-order valence-electron chi connectivity index (χ1n) is 6.11. The molecule has 0 radical (unpaired) electrons. The molecule has 1 amide bonds. The number of rotatable bonds is 3. The Labute approximate surface area is 116 Å². The summed E-state index contributed by atoms with van der Waals surface area (Å²) in [7, 11) is 0. The van der Waals surface area contributed by atoms with Gasteiger partial charge in [-0.1, -0.05) is 36.9 Å². The van der Waals surface area contributed by atoms with E-state index < -0.39 is 0 Å². The third kappa shape index (κ3) is 4.06. The molecule has 4 nitrogen and oxygen atoms in total. The monoisotopic (exact) mass is 273 g/mol. The molecule has 0 saturated heterocycles. The highest BCUT2D eigenvalue weighted by Gasteiger charge is 1.98. The first kappa shape index (κ1) is 13.5. The maximum absolute atomic E-state index is 11.5. The largest absolute Gasteiger partial charge is 0.305 e. The first-order chi connectivity index (χ1) is 9.29. The fourth-order valence-corrected chi connectivity index (χ4v) is 2.03. The molecule has 0 aliphatic heterocycles. The highest BCUT2D eigenvalue weighted by atomic mass is 32.2. The number of nitrogens with zero attached hydrogens (tertiary/aromatic N) is 3. The van der Waals surface area contributed by atoms with Crippen molar-refractivity contribution in [2.45, 2.75) is 13.3 Å². The zero-order valence-electron chi connectivity index (χ0n) is 10.7. The van der Waals surface area contributed by atoms with Gasteiger partial charge in [0.1, 0.15) is 0 Å². The van der Waals surface area contributed by atoms with Gasteiger partial charge in [-0.25, -0.2) is 9.67 Å². The van der Waals surface area contributed by atoms with Crippen LogP contribution >= 0.6 is 11.8 Å². The molecule has 1 aromatic carbocycles. The van der Waals surface area contributed by atoms with Crippen LogP contribution in [-0.4, -0.2) is 20.8 Å². The number of aromatic nitrogens is 2. The van der Waals surface area contributed by atoms with Crippen molar-refractivity contribution in [2.24, 2.45) is 4.99 Å². The summed E-state index contributed by atoms with van der Waals surface area (Å²) in [5, 5.41) is 4.66. The van der Waals surface area contributed by atoms with E-state index in [4.69, 9.17) is 0 Å². The van der Waals surface area contributed by atoms with Crippen molar-refractivity contribution in [1.82, 2.24) is 9.78 Å². The third-order valence-electron chi connectivity index (χ3n) is 2.37. The number of para-hydroxylation sites is 1. The number of hydrogen-bond acceptors (Lipinski definition) is 3. The van der Waals surface area contributed by atoms with Crippen molar-refractivity contribution < 1.29 is 4.79 Å². The summed E-state index contributed by atoms with van der Waals surface area (Å²) < 4.78 is 1.74. The minimum atomic E-state index is -0.166. The molecule has 0 aliphatic carbocycles. The molecule has 0 spiro atoms. The summed E-state index contributed by atoms with van der Waals surface area (Å²) in [5.41, 5.74) is 0.973. The molecule has 0 N–H and O–H groups in total. The average Bonchev–Trinajstić information content (AvgIpc) is 2.47. The minimum Gasteiger partial charge on any atom is -0.259 e. The summed E-state index contributed by atoms with van der Waals surface area (Å²) in [5.74, 6) is 0.798. The van der Waals surface area contributed by atoms with Crippen LogP contribution in [0.1, 0.15) is 13.3 Å². The van der Waals surface area contributed by atoms with Crippen LogP contribution in [-0.2, 0) is 0 Å². The summed E-state index contributed by atoms with van der Waals surface area (Å²) in [6, 6.07) is 11.6. The highest BCUT2D eigenvalue weighted by molar-refractivity contribution is 8.13. The van der Waals surface area contributed by atoms with Crippen LogP contribution in [0.25, 0.3) is 5.69 Å². The second kappa shape index (κ2) is 6.89. The van der Waals surface area contributed by atoms with Crippen LogP contribution in [0, 0.1) is 0 Å². The van der Waals surface area contributed by atoms with Crippen molar-refractivity contribution >= 4 is 17.0 Å². The van der Waals surface area contributed by atoms with E-state index in [-0.39, 0.29) is 5.24 Å². The van der Waals surface area contributed by atoms with E-state index in [9.17, 15) is 4.79 Å². The smallest absolute Gasteiger partial charge is 0.259 e. The zero-order valence-corrected chi connectivity index (χ0v) is 11.5. The predicted octanol–water partition coefficient (Wildman–Crippen LogP) is 3.04. The van der Waals surface area contributed by atoms with Gasteiger partial charge in [0.25, 0.3) is 0 Å². The van der Waals surface area contributed by atoms with Crippen molar-refractivity contribution in [1.29, 1.82) is 0 Å². The van der Waals surface area contributed by atoms with E-state index in [0.717, 1.165) is 17.9 Å². The van der Waals surface area contributed by atoms with Crippen LogP contribution in [0.4, 0.5) is 4.79 Å². The van der Waals surface area contributed by atoms with Crippen LogP contribution in [0.3, 0.4) is 0 Å². The lowest BCUT2D eigenvalue weighted by Gasteiger charge is -2.03. The molecular formula is C14H15N3OS. The Morgan fingerprint density at radius 3 is 2.74 bits per heavy atom. The quantitative estimate of drug-likeness (QED) is 0.863. The summed E-state index contributed by atoms with van der Waals surface area (Å²) in [4.78, 5) is 15.5. The van der Waals surface area contributed by atoms with E-state index in [1.807, 2.05) is 37.3 Å². The molecule has 19 heavy (non-hydrogen) atoms. The number of thioether (sulfide) groups is 1. The second-order valence-corrected chi connectivity index (χ2v) is 4.94. The molecule has 0 fully saturated rings. The molecule has 1 heterocycles. The molecule has 2 rings (SSSR count). The van der Waals surface area contributed by atoms with Crippen molar-refractivity contribution in [3.8, 4) is 5.69 Å². The van der Waals surface area contributed by atoms with E-state index >= 15 is 0 Å². The third-order valence-corrected chi connectivity index (χ3v) is 3.32. The average molecular weight is 273 g/mol. The van der Waals surface area contributed by atoms with Crippen LogP contribution in [0.5, 0.6) is 0 Å². The van der Waals surface area contributed by atoms with E-state index in [1.54, 1.807) is 23.1 Å². The van der Waals surface area contributed by atoms with Crippen LogP contribution < -0.4 is 5.36 Å². The van der Waals surface area contributed by atoms with Gasteiger partial charge in [-0.2, -0.15) is 5.10 Å². The van der Waals surface area contributed by atoms with E-state index in [0.29, 0.717) is 5.36 Å². The molecule has 0 atom stereocenters. The van der Waals surface area contributed by atoms with Crippen LogP contribution in [0.15, 0.2) is 53.8 Å². The lowest BCUT2D eigenvalue weighted by molar-refractivity contribution is 0.267. The highest BCUT2D eigenvalue weighted by Crippen LogP contribution is 2.05.